The second-order valence-corrected chi connectivity index (χ2v) is 6.80. The van der Waals surface area contributed by atoms with Crippen LogP contribution >= 0.6 is 0 Å². The zero-order chi connectivity index (χ0) is 19.5. The van der Waals surface area contributed by atoms with Crippen molar-refractivity contribution >= 4 is 16.8 Å². The average Bonchev–Trinajstić information content (AvgIpc) is 3.33. The van der Waals surface area contributed by atoms with Gasteiger partial charge in [-0.25, -0.2) is 0 Å². The number of hydrogen-bond acceptors (Lipinski definition) is 4. The Hall–Kier alpha value is -3.41. The first kappa shape index (κ1) is 18.0. The highest BCUT2D eigenvalue weighted by atomic mass is 16.4. The molecule has 28 heavy (non-hydrogen) atoms. The highest BCUT2D eigenvalue weighted by molar-refractivity contribution is 5.94. The van der Waals surface area contributed by atoms with Crippen LogP contribution in [0, 0.1) is 6.92 Å². The Morgan fingerprint density at radius 1 is 1.11 bits per heavy atom. The fourth-order valence-corrected chi connectivity index (χ4v) is 3.17. The Morgan fingerprint density at radius 2 is 1.89 bits per heavy atom. The van der Waals surface area contributed by atoms with E-state index < -0.39 is 0 Å². The molecule has 0 saturated carbocycles. The number of fused-ring (bicyclic) bond motifs is 1. The molecule has 0 spiro atoms. The smallest absolute Gasteiger partial charge is 0.249 e. The molecule has 0 atom stereocenters. The largest absolute Gasteiger partial charge is 0.421 e. The highest BCUT2D eigenvalue weighted by Gasteiger charge is 2.16. The number of rotatable bonds is 6. The Bertz CT molecular complexity index is 1110. The zero-order valence-electron chi connectivity index (χ0n) is 16.0. The van der Waals surface area contributed by atoms with Crippen molar-refractivity contribution in [2.75, 3.05) is 0 Å². The van der Waals surface area contributed by atoms with Gasteiger partial charge in [0.2, 0.25) is 17.7 Å². The van der Waals surface area contributed by atoms with Gasteiger partial charge in [-0.15, -0.1) is 10.2 Å². The molecular weight excluding hydrogens is 352 g/mol. The molecule has 0 radical (unpaired) electrons. The van der Waals surface area contributed by atoms with Gasteiger partial charge in [-0.1, -0.05) is 55.0 Å². The van der Waals surface area contributed by atoms with E-state index in [0.717, 1.165) is 22.0 Å². The Balaban J connectivity index is 1.55. The molecule has 6 nitrogen and oxygen atoms in total. The van der Waals surface area contributed by atoms with Crippen LogP contribution in [0.1, 0.15) is 23.9 Å². The molecule has 0 aliphatic rings. The topological polar surface area (TPSA) is 73.0 Å². The van der Waals surface area contributed by atoms with Crippen LogP contribution in [0.3, 0.4) is 0 Å². The normalized spacial score (nSPS) is 11.1. The number of amides is 1. The molecule has 2 aromatic heterocycles. The molecule has 142 valence electrons. The number of hydrogen-bond donors (Lipinski definition) is 1. The fraction of sp³-hybridized carbons (Fsp3) is 0.227. The fourth-order valence-electron chi connectivity index (χ4n) is 3.17. The summed E-state index contributed by atoms with van der Waals surface area (Å²) in [7, 11) is 0. The minimum absolute atomic E-state index is 0.0485. The first-order valence-corrected chi connectivity index (χ1v) is 9.37. The van der Waals surface area contributed by atoms with Crippen LogP contribution in [0.5, 0.6) is 0 Å². The number of nitrogens with one attached hydrogen (secondary N) is 1. The van der Waals surface area contributed by atoms with E-state index in [-0.39, 0.29) is 12.5 Å². The van der Waals surface area contributed by atoms with Gasteiger partial charge in [0, 0.05) is 30.1 Å². The molecule has 2 heterocycles. The SMILES string of the molecule is CCc1nnc(-c2cn(CC(=O)NCc3ccc(C)cc3)c3ccccc23)o1. The third-order valence-corrected chi connectivity index (χ3v) is 4.71. The van der Waals surface area contributed by atoms with E-state index in [1.807, 2.05) is 73.1 Å². The zero-order valence-corrected chi connectivity index (χ0v) is 16.0. The summed E-state index contributed by atoms with van der Waals surface area (Å²) in [4.78, 5) is 12.5. The molecule has 0 saturated heterocycles. The maximum atomic E-state index is 12.5. The van der Waals surface area contributed by atoms with Gasteiger partial charge in [0.25, 0.3) is 0 Å². The predicted octanol–water partition coefficient (Wildman–Crippen LogP) is 3.88. The summed E-state index contributed by atoms with van der Waals surface area (Å²) in [6.07, 6.45) is 2.59. The van der Waals surface area contributed by atoms with Gasteiger partial charge in [0.05, 0.1) is 5.56 Å². The van der Waals surface area contributed by atoms with Gasteiger partial charge in [-0.3, -0.25) is 4.79 Å². The summed E-state index contributed by atoms with van der Waals surface area (Å²) in [5.41, 5.74) is 4.08. The number of nitrogens with zero attached hydrogens (tertiary/aromatic N) is 3. The van der Waals surface area contributed by atoms with Crippen molar-refractivity contribution in [1.82, 2.24) is 20.1 Å². The summed E-state index contributed by atoms with van der Waals surface area (Å²) >= 11 is 0. The maximum Gasteiger partial charge on any atom is 0.249 e. The van der Waals surface area contributed by atoms with Crippen molar-refractivity contribution in [1.29, 1.82) is 0 Å². The minimum Gasteiger partial charge on any atom is -0.421 e. The molecule has 0 aliphatic carbocycles. The summed E-state index contributed by atoms with van der Waals surface area (Å²) in [6, 6.07) is 16.1. The second-order valence-electron chi connectivity index (χ2n) is 6.80. The van der Waals surface area contributed by atoms with Crippen molar-refractivity contribution in [3.05, 3.63) is 71.7 Å². The Morgan fingerprint density at radius 3 is 2.64 bits per heavy atom. The lowest BCUT2D eigenvalue weighted by Crippen LogP contribution is -2.26. The number of benzene rings is 2. The van der Waals surface area contributed by atoms with Crippen LogP contribution in [0.15, 0.2) is 59.1 Å². The van der Waals surface area contributed by atoms with Crippen LogP contribution in [-0.4, -0.2) is 20.7 Å². The summed E-state index contributed by atoms with van der Waals surface area (Å²) in [5.74, 6) is 1.03. The van der Waals surface area contributed by atoms with E-state index in [1.165, 1.54) is 5.56 Å². The molecule has 4 aromatic rings. The van der Waals surface area contributed by atoms with Gasteiger partial charge in [-0.05, 0) is 18.6 Å². The quantitative estimate of drug-likeness (QED) is 0.556. The molecule has 1 N–H and O–H groups in total. The Labute approximate surface area is 163 Å². The van der Waals surface area contributed by atoms with Gasteiger partial charge in [0.1, 0.15) is 6.54 Å². The molecular formula is C22H22N4O2. The van der Waals surface area contributed by atoms with E-state index in [9.17, 15) is 4.79 Å². The van der Waals surface area contributed by atoms with Crippen LogP contribution in [-0.2, 0) is 24.3 Å². The number of para-hydroxylation sites is 1. The van der Waals surface area contributed by atoms with Crippen molar-refractivity contribution < 1.29 is 9.21 Å². The molecule has 0 aliphatic heterocycles. The van der Waals surface area contributed by atoms with Gasteiger partial charge >= 0.3 is 0 Å². The monoisotopic (exact) mass is 374 g/mol. The van der Waals surface area contributed by atoms with Crippen LogP contribution in [0.4, 0.5) is 0 Å². The molecule has 6 heteroatoms. The van der Waals surface area contributed by atoms with Crippen LogP contribution in [0.25, 0.3) is 22.4 Å². The third kappa shape index (κ3) is 3.67. The van der Waals surface area contributed by atoms with Gasteiger partial charge in [-0.2, -0.15) is 0 Å². The van der Waals surface area contributed by atoms with Crippen molar-refractivity contribution in [3.63, 3.8) is 0 Å². The second kappa shape index (κ2) is 7.68. The number of aromatic nitrogens is 3. The molecule has 2 aromatic carbocycles. The standard InChI is InChI=1S/C22H22N4O2/c1-3-21-24-25-22(28-21)18-13-26(19-7-5-4-6-17(18)19)14-20(27)23-12-16-10-8-15(2)9-11-16/h4-11,13H,3,12,14H2,1-2H3,(H,23,27). The van der Waals surface area contributed by atoms with Gasteiger partial charge < -0.3 is 14.3 Å². The lowest BCUT2D eigenvalue weighted by atomic mass is 10.1. The number of aryl methyl sites for hydroxylation is 2. The van der Waals surface area contributed by atoms with Crippen LogP contribution < -0.4 is 5.32 Å². The predicted molar refractivity (Wildman–Crippen MR) is 108 cm³/mol. The van der Waals surface area contributed by atoms with Crippen molar-refractivity contribution in [2.24, 2.45) is 0 Å². The molecule has 4 rings (SSSR count). The first-order valence-electron chi connectivity index (χ1n) is 9.37. The van der Waals surface area contributed by atoms with E-state index in [4.69, 9.17) is 4.42 Å². The summed E-state index contributed by atoms with van der Waals surface area (Å²) in [5, 5.41) is 12.2. The van der Waals surface area contributed by atoms with Gasteiger partial charge in [0.15, 0.2) is 0 Å². The van der Waals surface area contributed by atoms with E-state index in [1.54, 1.807) is 0 Å². The minimum atomic E-state index is -0.0485. The van der Waals surface area contributed by atoms with E-state index in [0.29, 0.717) is 24.7 Å². The maximum absolute atomic E-state index is 12.5. The first-order chi connectivity index (χ1) is 13.6. The molecule has 0 bridgehead atoms. The van der Waals surface area contributed by atoms with Crippen molar-refractivity contribution in [3.8, 4) is 11.5 Å². The number of carbonyl (C=O) groups is 1. The van der Waals surface area contributed by atoms with Crippen LogP contribution in [0.2, 0.25) is 0 Å². The molecule has 0 fully saturated rings. The number of carbonyl (C=O) groups excluding carboxylic acids is 1. The van der Waals surface area contributed by atoms with E-state index >= 15 is 0 Å². The highest BCUT2D eigenvalue weighted by Crippen LogP contribution is 2.29. The third-order valence-electron chi connectivity index (χ3n) is 4.71. The molecule has 0 unspecified atom stereocenters. The molecule has 1 amide bonds. The summed E-state index contributed by atoms with van der Waals surface area (Å²) in [6.45, 7) is 4.75. The lowest BCUT2D eigenvalue weighted by Gasteiger charge is -2.08. The Kier molecular flexibility index (Phi) is 4.93. The lowest BCUT2D eigenvalue weighted by molar-refractivity contribution is -0.121. The summed E-state index contributed by atoms with van der Waals surface area (Å²) < 4.78 is 7.65. The van der Waals surface area contributed by atoms with E-state index in [2.05, 4.69) is 15.5 Å². The average molecular weight is 374 g/mol. The van der Waals surface area contributed by atoms with Crippen molar-refractivity contribution in [2.45, 2.75) is 33.4 Å².